The summed E-state index contributed by atoms with van der Waals surface area (Å²) < 4.78 is 29.0. The molecule has 7 heteroatoms. The third-order valence-corrected chi connectivity index (χ3v) is 3.44. The van der Waals surface area contributed by atoms with Gasteiger partial charge in [-0.15, -0.1) is 11.6 Å². The quantitative estimate of drug-likeness (QED) is 0.880. The zero-order chi connectivity index (χ0) is 15.7. The predicted octanol–water partition coefficient (Wildman–Crippen LogP) is 3.31. The van der Waals surface area contributed by atoms with Crippen LogP contribution >= 0.6 is 11.6 Å². The van der Waals surface area contributed by atoms with Crippen molar-refractivity contribution in [3.63, 3.8) is 0 Å². The lowest BCUT2D eigenvalue weighted by molar-refractivity contribution is -0.123. The van der Waals surface area contributed by atoms with Crippen LogP contribution in [0, 0.1) is 11.6 Å². The molecular weight excluding hydrogens is 300 g/mol. The van der Waals surface area contributed by atoms with Crippen LogP contribution in [0.2, 0.25) is 0 Å². The van der Waals surface area contributed by atoms with Crippen molar-refractivity contribution >= 4 is 28.5 Å². The van der Waals surface area contributed by atoms with Gasteiger partial charge in [-0.1, -0.05) is 0 Å². The molecule has 0 spiro atoms. The van der Waals surface area contributed by atoms with Gasteiger partial charge in [0.25, 0.3) is 0 Å². The SMILES string of the molecule is CCNC(=O)C(C)n1c(C(C)Cl)nc2ccc(F)c(F)c21. The number of nitrogens with one attached hydrogen (secondary N) is 1. The van der Waals surface area contributed by atoms with Crippen molar-refractivity contribution in [3.05, 3.63) is 29.6 Å². The summed E-state index contributed by atoms with van der Waals surface area (Å²) in [5.41, 5.74) is 0.226. The average molecular weight is 316 g/mol. The van der Waals surface area contributed by atoms with Crippen molar-refractivity contribution in [2.45, 2.75) is 32.2 Å². The van der Waals surface area contributed by atoms with Crippen molar-refractivity contribution in [2.24, 2.45) is 0 Å². The van der Waals surface area contributed by atoms with Gasteiger partial charge >= 0.3 is 0 Å². The van der Waals surface area contributed by atoms with Crippen LogP contribution in [0.3, 0.4) is 0 Å². The van der Waals surface area contributed by atoms with Crippen LogP contribution < -0.4 is 5.32 Å². The Bertz CT molecular complexity index is 684. The van der Waals surface area contributed by atoms with Crippen LogP contribution in [0.5, 0.6) is 0 Å². The molecule has 1 aromatic carbocycles. The zero-order valence-electron chi connectivity index (χ0n) is 12.0. The summed E-state index contributed by atoms with van der Waals surface area (Å²) in [7, 11) is 0. The lowest BCUT2D eigenvalue weighted by Gasteiger charge is -2.18. The monoisotopic (exact) mass is 315 g/mol. The van der Waals surface area contributed by atoms with Gasteiger partial charge in [-0.2, -0.15) is 0 Å². The molecule has 0 fully saturated rings. The lowest BCUT2D eigenvalue weighted by atomic mass is 10.2. The van der Waals surface area contributed by atoms with Gasteiger partial charge in [0.15, 0.2) is 11.6 Å². The van der Waals surface area contributed by atoms with Crippen LogP contribution in [0.15, 0.2) is 12.1 Å². The Morgan fingerprint density at radius 2 is 2.10 bits per heavy atom. The fourth-order valence-corrected chi connectivity index (χ4v) is 2.41. The zero-order valence-corrected chi connectivity index (χ0v) is 12.7. The number of imidazole rings is 1. The van der Waals surface area contributed by atoms with Crippen molar-refractivity contribution in [3.8, 4) is 0 Å². The third kappa shape index (κ3) is 2.72. The van der Waals surface area contributed by atoms with E-state index in [-0.39, 0.29) is 16.9 Å². The number of hydrogen-bond donors (Lipinski definition) is 1. The van der Waals surface area contributed by atoms with Gasteiger partial charge < -0.3 is 9.88 Å². The second-order valence-electron chi connectivity index (χ2n) is 4.76. The van der Waals surface area contributed by atoms with Crippen molar-refractivity contribution in [1.29, 1.82) is 0 Å². The number of halogens is 3. The molecule has 4 nitrogen and oxygen atoms in total. The highest BCUT2D eigenvalue weighted by Gasteiger charge is 2.26. The summed E-state index contributed by atoms with van der Waals surface area (Å²) in [5, 5.41) is 2.11. The first-order valence-electron chi connectivity index (χ1n) is 6.66. The van der Waals surface area contributed by atoms with Crippen LogP contribution in [-0.4, -0.2) is 22.0 Å². The van der Waals surface area contributed by atoms with E-state index in [2.05, 4.69) is 10.3 Å². The molecule has 1 aromatic heterocycles. The molecule has 0 aliphatic heterocycles. The largest absolute Gasteiger partial charge is 0.355 e. The number of benzene rings is 1. The fraction of sp³-hybridized carbons (Fsp3) is 0.429. The maximum absolute atomic E-state index is 14.1. The first-order valence-corrected chi connectivity index (χ1v) is 7.09. The van der Waals surface area contributed by atoms with Gasteiger partial charge in [0.05, 0.1) is 10.9 Å². The number of nitrogens with zero attached hydrogens (tertiary/aromatic N) is 2. The predicted molar refractivity (Wildman–Crippen MR) is 77.3 cm³/mol. The summed E-state index contributed by atoms with van der Waals surface area (Å²) in [5.74, 6) is -1.99. The Morgan fingerprint density at radius 1 is 1.43 bits per heavy atom. The van der Waals surface area contributed by atoms with E-state index in [1.54, 1.807) is 20.8 Å². The summed E-state index contributed by atoms with van der Waals surface area (Å²) in [6.07, 6.45) is 0. The number of aromatic nitrogens is 2. The first kappa shape index (κ1) is 15.7. The molecule has 2 aromatic rings. The summed E-state index contributed by atoms with van der Waals surface area (Å²) in [6.45, 7) is 5.48. The Morgan fingerprint density at radius 3 is 2.67 bits per heavy atom. The average Bonchev–Trinajstić information content (AvgIpc) is 2.82. The molecule has 2 unspecified atom stereocenters. The van der Waals surface area contributed by atoms with E-state index in [0.717, 1.165) is 6.07 Å². The van der Waals surface area contributed by atoms with Crippen LogP contribution in [-0.2, 0) is 4.79 Å². The molecule has 0 aliphatic rings. The van der Waals surface area contributed by atoms with Gasteiger partial charge in [-0.05, 0) is 32.9 Å². The van der Waals surface area contributed by atoms with Gasteiger partial charge in [-0.3, -0.25) is 4.79 Å². The maximum Gasteiger partial charge on any atom is 0.242 e. The highest BCUT2D eigenvalue weighted by molar-refractivity contribution is 6.20. The maximum atomic E-state index is 14.1. The first-order chi connectivity index (χ1) is 9.88. The molecule has 1 heterocycles. The highest BCUT2D eigenvalue weighted by Crippen LogP contribution is 2.30. The van der Waals surface area contributed by atoms with Crippen LogP contribution in [0.1, 0.15) is 38.0 Å². The van der Waals surface area contributed by atoms with Gasteiger partial charge in [0.2, 0.25) is 5.91 Å². The van der Waals surface area contributed by atoms with Gasteiger partial charge in [0.1, 0.15) is 17.4 Å². The smallest absolute Gasteiger partial charge is 0.242 e. The summed E-state index contributed by atoms with van der Waals surface area (Å²) >= 11 is 6.07. The number of carbonyl (C=O) groups is 1. The van der Waals surface area contributed by atoms with Crippen molar-refractivity contribution < 1.29 is 13.6 Å². The van der Waals surface area contributed by atoms with E-state index < -0.39 is 23.1 Å². The molecule has 0 bridgehead atoms. The molecule has 0 radical (unpaired) electrons. The Labute approximate surface area is 126 Å². The molecular formula is C14H16ClF2N3O. The molecule has 2 atom stereocenters. The number of fused-ring (bicyclic) bond motifs is 1. The number of likely N-dealkylation sites (N-methyl/N-ethyl adjacent to an activating group) is 1. The molecule has 114 valence electrons. The van der Waals surface area contributed by atoms with Crippen molar-refractivity contribution in [2.75, 3.05) is 6.54 Å². The minimum atomic E-state index is -1.03. The number of hydrogen-bond acceptors (Lipinski definition) is 2. The topological polar surface area (TPSA) is 46.9 Å². The van der Waals surface area contributed by atoms with E-state index >= 15 is 0 Å². The molecule has 0 saturated carbocycles. The molecule has 0 aliphatic carbocycles. The summed E-state index contributed by atoms with van der Waals surface area (Å²) in [6, 6.07) is 1.63. The van der Waals surface area contributed by atoms with E-state index in [0.29, 0.717) is 12.4 Å². The molecule has 0 saturated heterocycles. The summed E-state index contributed by atoms with van der Waals surface area (Å²) in [4.78, 5) is 16.3. The second-order valence-corrected chi connectivity index (χ2v) is 5.41. The van der Waals surface area contributed by atoms with Crippen LogP contribution in [0.4, 0.5) is 8.78 Å². The van der Waals surface area contributed by atoms with Gasteiger partial charge in [-0.25, -0.2) is 13.8 Å². The molecule has 1 amide bonds. The minimum absolute atomic E-state index is 0.0451. The number of rotatable bonds is 4. The molecule has 1 N–H and O–H groups in total. The van der Waals surface area contributed by atoms with E-state index in [4.69, 9.17) is 11.6 Å². The van der Waals surface area contributed by atoms with E-state index in [1.807, 2.05) is 0 Å². The minimum Gasteiger partial charge on any atom is -0.355 e. The second kappa shape index (κ2) is 5.97. The number of alkyl halides is 1. The standard InChI is InChI=1S/C14H16ClF2N3O/c1-4-18-14(21)8(3)20-12-10(19-13(20)7(2)15)6-5-9(16)11(12)17/h5-8H,4H2,1-3H3,(H,18,21). The highest BCUT2D eigenvalue weighted by atomic mass is 35.5. The number of amides is 1. The third-order valence-electron chi connectivity index (χ3n) is 3.24. The Kier molecular flexibility index (Phi) is 4.46. The van der Waals surface area contributed by atoms with Crippen LogP contribution in [0.25, 0.3) is 11.0 Å². The normalized spacial score (nSPS) is 14.2. The van der Waals surface area contributed by atoms with Crippen molar-refractivity contribution in [1.82, 2.24) is 14.9 Å². The Balaban J connectivity index is 2.71. The fourth-order valence-electron chi connectivity index (χ4n) is 2.25. The van der Waals surface area contributed by atoms with E-state index in [9.17, 15) is 13.6 Å². The Hall–Kier alpha value is -1.69. The lowest BCUT2D eigenvalue weighted by Crippen LogP contribution is -2.31. The van der Waals surface area contributed by atoms with Gasteiger partial charge in [0, 0.05) is 6.54 Å². The number of carbonyl (C=O) groups excluding carboxylic acids is 1. The van der Waals surface area contributed by atoms with E-state index in [1.165, 1.54) is 10.6 Å². The molecule has 2 rings (SSSR count). The molecule has 21 heavy (non-hydrogen) atoms.